The van der Waals surface area contributed by atoms with Gasteiger partial charge in [0.25, 0.3) is 10.0 Å². The summed E-state index contributed by atoms with van der Waals surface area (Å²) in [6, 6.07) is 18.4. The molecule has 2 amide bonds. The van der Waals surface area contributed by atoms with E-state index in [2.05, 4.69) is 5.32 Å². The van der Waals surface area contributed by atoms with Crippen molar-refractivity contribution in [2.24, 2.45) is 0 Å². The molecular weight excluding hydrogens is 566 g/mol. The van der Waals surface area contributed by atoms with Gasteiger partial charge in [0, 0.05) is 23.7 Å². The lowest BCUT2D eigenvalue weighted by molar-refractivity contribution is -0.139. The molecule has 41 heavy (non-hydrogen) atoms. The fourth-order valence-electron chi connectivity index (χ4n) is 4.11. The Kier molecular flexibility index (Phi) is 11.0. The monoisotopic (exact) mass is 601 g/mol. The molecule has 0 fully saturated rings. The number of sulfonamides is 1. The second-order valence-corrected chi connectivity index (χ2v) is 11.8. The molecular formula is C30H36ClN3O6S. The number of amides is 2. The summed E-state index contributed by atoms with van der Waals surface area (Å²) < 4.78 is 39.6. The summed E-state index contributed by atoms with van der Waals surface area (Å²) in [4.78, 5) is 28.5. The van der Waals surface area contributed by atoms with E-state index in [1.54, 1.807) is 55.5 Å². The third-order valence-electron chi connectivity index (χ3n) is 6.68. The van der Waals surface area contributed by atoms with Crippen molar-refractivity contribution >= 4 is 39.1 Å². The third-order valence-corrected chi connectivity index (χ3v) is 8.70. The number of halogens is 1. The van der Waals surface area contributed by atoms with Crippen LogP contribution in [-0.4, -0.2) is 58.0 Å². The lowest BCUT2D eigenvalue weighted by Gasteiger charge is -2.32. The molecule has 11 heteroatoms. The highest BCUT2D eigenvalue weighted by Gasteiger charge is 2.33. The molecule has 220 valence electrons. The van der Waals surface area contributed by atoms with Gasteiger partial charge in [-0.2, -0.15) is 0 Å². The van der Waals surface area contributed by atoms with Crippen LogP contribution in [0.3, 0.4) is 0 Å². The lowest BCUT2D eigenvalue weighted by atomic mass is 10.1. The molecule has 0 radical (unpaired) electrons. The number of benzene rings is 3. The molecule has 2 atom stereocenters. The molecule has 3 aromatic rings. The number of nitrogens with zero attached hydrogens (tertiary/aromatic N) is 2. The zero-order chi connectivity index (χ0) is 30.2. The average Bonchev–Trinajstić information content (AvgIpc) is 2.98. The summed E-state index contributed by atoms with van der Waals surface area (Å²) in [5.41, 5.74) is 0.886. The van der Waals surface area contributed by atoms with Gasteiger partial charge < -0.3 is 19.7 Å². The quantitative estimate of drug-likeness (QED) is 0.299. The summed E-state index contributed by atoms with van der Waals surface area (Å²) in [6.07, 6.45) is 0.711. The van der Waals surface area contributed by atoms with E-state index in [0.29, 0.717) is 28.5 Å². The minimum absolute atomic E-state index is 0.00605. The molecule has 9 nitrogen and oxygen atoms in total. The SMILES string of the molecule is CC[C@@H](C)NC(=O)[C@@H](C)N(Cc1cccc(Cl)c1)C(=O)CN(c1ccc(OC)c(OC)c1)S(=O)(=O)c1ccccc1. The van der Waals surface area contributed by atoms with Gasteiger partial charge in [-0.3, -0.25) is 13.9 Å². The predicted molar refractivity (Wildman–Crippen MR) is 160 cm³/mol. The summed E-state index contributed by atoms with van der Waals surface area (Å²) in [6.45, 7) is 4.90. The van der Waals surface area contributed by atoms with E-state index in [0.717, 1.165) is 4.31 Å². The van der Waals surface area contributed by atoms with Crippen LogP contribution in [0.4, 0.5) is 5.69 Å². The van der Waals surface area contributed by atoms with Crippen molar-refractivity contribution in [3.05, 3.63) is 83.4 Å². The topological polar surface area (TPSA) is 105 Å². The number of anilines is 1. The Bertz CT molecular complexity index is 1450. The van der Waals surface area contributed by atoms with Crippen molar-refractivity contribution in [1.29, 1.82) is 0 Å². The highest BCUT2D eigenvalue weighted by Crippen LogP contribution is 2.34. The molecule has 3 rings (SSSR count). The maximum absolute atomic E-state index is 14.0. The van der Waals surface area contributed by atoms with Crippen molar-refractivity contribution in [1.82, 2.24) is 10.2 Å². The molecule has 0 unspecified atom stereocenters. The van der Waals surface area contributed by atoms with Crippen LogP contribution < -0.4 is 19.1 Å². The van der Waals surface area contributed by atoms with Crippen LogP contribution in [-0.2, 0) is 26.2 Å². The Balaban J connectivity index is 2.07. The van der Waals surface area contributed by atoms with E-state index < -0.39 is 28.5 Å². The van der Waals surface area contributed by atoms with E-state index in [9.17, 15) is 18.0 Å². The second-order valence-electron chi connectivity index (χ2n) is 9.51. The first-order chi connectivity index (χ1) is 19.5. The summed E-state index contributed by atoms with van der Waals surface area (Å²) >= 11 is 6.19. The summed E-state index contributed by atoms with van der Waals surface area (Å²) in [5, 5.41) is 3.39. The lowest BCUT2D eigenvalue weighted by Crippen LogP contribution is -2.52. The number of hydrogen-bond acceptors (Lipinski definition) is 6. The molecule has 0 heterocycles. The highest BCUT2D eigenvalue weighted by atomic mass is 35.5. The number of hydrogen-bond donors (Lipinski definition) is 1. The molecule has 3 aromatic carbocycles. The van der Waals surface area contributed by atoms with Gasteiger partial charge in [0.05, 0.1) is 24.8 Å². The summed E-state index contributed by atoms with van der Waals surface area (Å²) in [7, 11) is -1.30. The molecule has 0 aliphatic carbocycles. The number of ether oxygens (including phenoxy) is 2. The van der Waals surface area contributed by atoms with Gasteiger partial charge in [-0.05, 0) is 62.2 Å². The normalized spacial score (nSPS) is 12.6. The molecule has 0 saturated carbocycles. The van der Waals surface area contributed by atoms with Gasteiger partial charge in [-0.1, -0.05) is 48.9 Å². The van der Waals surface area contributed by atoms with Gasteiger partial charge >= 0.3 is 0 Å². The van der Waals surface area contributed by atoms with Crippen LogP contribution in [0.15, 0.2) is 77.7 Å². The maximum Gasteiger partial charge on any atom is 0.264 e. The first kappa shape index (κ1) is 31.8. The minimum atomic E-state index is -4.21. The fraction of sp³-hybridized carbons (Fsp3) is 0.333. The van der Waals surface area contributed by atoms with Gasteiger partial charge in [-0.15, -0.1) is 0 Å². The molecule has 0 saturated heterocycles. The van der Waals surface area contributed by atoms with Crippen LogP contribution >= 0.6 is 11.6 Å². The maximum atomic E-state index is 14.0. The van der Waals surface area contributed by atoms with E-state index in [1.165, 1.54) is 43.4 Å². The van der Waals surface area contributed by atoms with Crippen LogP contribution in [0, 0.1) is 0 Å². The number of rotatable bonds is 13. The van der Waals surface area contributed by atoms with Crippen LogP contribution in [0.25, 0.3) is 0 Å². The number of nitrogens with one attached hydrogen (secondary N) is 1. The standard InChI is InChI=1S/C30H36ClN3O6S/c1-6-21(2)32-30(36)22(3)33(19-23-11-10-12-24(31)17-23)29(35)20-34(41(37,38)26-13-8-7-9-14-26)25-15-16-27(39-4)28(18-25)40-5/h7-18,21-22H,6,19-20H2,1-5H3,(H,32,36)/t21-,22-/m1/s1. The Hall–Kier alpha value is -3.76. The zero-order valence-corrected chi connectivity index (χ0v) is 25.4. The van der Waals surface area contributed by atoms with Crippen LogP contribution in [0.2, 0.25) is 5.02 Å². The average molecular weight is 602 g/mol. The first-order valence-electron chi connectivity index (χ1n) is 13.2. The van der Waals surface area contributed by atoms with Gasteiger partial charge in [0.1, 0.15) is 12.6 Å². The molecule has 0 spiro atoms. The van der Waals surface area contributed by atoms with Crippen molar-refractivity contribution < 1.29 is 27.5 Å². The summed E-state index contributed by atoms with van der Waals surface area (Å²) in [5.74, 6) is -0.232. The van der Waals surface area contributed by atoms with E-state index in [4.69, 9.17) is 21.1 Å². The Morgan fingerprint density at radius 3 is 2.22 bits per heavy atom. The Morgan fingerprint density at radius 1 is 0.927 bits per heavy atom. The number of methoxy groups -OCH3 is 2. The van der Waals surface area contributed by atoms with Crippen molar-refractivity contribution in [3.63, 3.8) is 0 Å². The Morgan fingerprint density at radius 2 is 1.61 bits per heavy atom. The third kappa shape index (κ3) is 7.92. The van der Waals surface area contributed by atoms with Crippen molar-refractivity contribution in [3.8, 4) is 11.5 Å². The van der Waals surface area contributed by atoms with Gasteiger partial charge in [0.2, 0.25) is 11.8 Å². The van der Waals surface area contributed by atoms with Crippen molar-refractivity contribution in [2.75, 3.05) is 25.1 Å². The predicted octanol–water partition coefficient (Wildman–Crippen LogP) is 4.88. The minimum Gasteiger partial charge on any atom is -0.493 e. The number of carbonyl (C=O) groups is 2. The molecule has 0 bridgehead atoms. The van der Waals surface area contributed by atoms with Crippen LogP contribution in [0.1, 0.15) is 32.8 Å². The zero-order valence-electron chi connectivity index (χ0n) is 23.8. The molecule has 0 aliphatic rings. The second kappa shape index (κ2) is 14.2. The first-order valence-corrected chi connectivity index (χ1v) is 15.0. The smallest absolute Gasteiger partial charge is 0.264 e. The molecule has 0 aliphatic heterocycles. The number of carbonyl (C=O) groups excluding carboxylic acids is 2. The fourth-order valence-corrected chi connectivity index (χ4v) is 5.75. The highest BCUT2D eigenvalue weighted by molar-refractivity contribution is 7.92. The van der Waals surface area contributed by atoms with E-state index >= 15 is 0 Å². The van der Waals surface area contributed by atoms with E-state index in [-0.39, 0.29) is 29.1 Å². The van der Waals surface area contributed by atoms with E-state index in [1.807, 2.05) is 13.8 Å². The molecule has 0 aromatic heterocycles. The Labute approximate surface area is 247 Å². The van der Waals surface area contributed by atoms with Crippen molar-refractivity contribution in [2.45, 2.75) is 50.7 Å². The van der Waals surface area contributed by atoms with Gasteiger partial charge in [-0.25, -0.2) is 8.42 Å². The molecule has 1 N–H and O–H groups in total. The van der Waals surface area contributed by atoms with Crippen LogP contribution in [0.5, 0.6) is 11.5 Å². The largest absolute Gasteiger partial charge is 0.493 e. The van der Waals surface area contributed by atoms with Gasteiger partial charge in [0.15, 0.2) is 11.5 Å².